The molecule has 0 spiro atoms. The molecule has 3 rings (SSSR count). The number of methoxy groups -OCH3 is 1. The predicted octanol–water partition coefficient (Wildman–Crippen LogP) is -9.08. The van der Waals surface area contributed by atoms with Crippen molar-refractivity contribution in [3.05, 3.63) is 0 Å². The molecule has 3 aliphatic heterocycles. The zero-order chi connectivity index (χ0) is 37.0. The summed E-state index contributed by atoms with van der Waals surface area (Å²) in [7, 11) is 2.85. The van der Waals surface area contributed by atoms with E-state index >= 15 is 0 Å². The van der Waals surface area contributed by atoms with E-state index in [1.165, 1.54) is 14.2 Å². The van der Waals surface area contributed by atoms with Crippen LogP contribution in [-0.4, -0.2) is 201 Å². The summed E-state index contributed by atoms with van der Waals surface area (Å²) in [6.07, 6.45) is -13.3. The number of ether oxygens (including phenoxy) is 8. The van der Waals surface area contributed by atoms with Gasteiger partial charge < -0.3 is 88.9 Å². The van der Waals surface area contributed by atoms with Crippen LogP contribution in [0.15, 0.2) is 0 Å². The molecule has 3 saturated heterocycles. The number of nitrogens with one attached hydrogen (secondary N) is 1. The van der Waals surface area contributed by atoms with Gasteiger partial charge in [-0.2, -0.15) is 0 Å². The minimum absolute atomic E-state index is 0. The molecular formula is C31H54NNaO18. The van der Waals surface area contributed by atoms with E-state index in [1.807, 2.05) is 6.92 Å². The first-order valence-electron chi connectivity index (χ1n) is 16.7. The van der Waals surface area contributed by atoms with Gasteiger partial charge in [0, 0.05) is 31.9 Å². The molecule has 20 heteroatoms. The molecule has 19 nitrogen and oxygen atoms in total. The third-order valence-corrected chi connectivity index (χ3v) is 9.45. The maximum Gasteiger partial charge on any atom is 1.00 e. The van der Waals surface area contributed by atoms with Gasteiger partial charge in [0.2, 0.25) is 5.91 Å². The molecular weight excluding hydrogens is 697 g/mol. The van der Waals surface area contributed by atoms with Crippen molar-refractivity contribution in [2.75, 3.05) is 80.2 Å². The van der Waals surface area contributed by atoms with Gasteiger partial charge in [-0.25, -0.2) is 0 Å². The standard InChI is InChI=1S/C31H55NO18.Na/c1-4-15-19(9-46-13-24(34)32-2)49-23(30(41)26(15)37)12-44-6-16-18(5-33)48-22(31(42)27(16)38)11-45-7-17-20(10-47-14-25(35)36)50-21(8-43-3)29(40)28(17)39;/h15-23,26-31,33,37-42H,4-14H2,1-3H3,(H,32,34)(H,35,36);/q;+1/p-1. The Hall–Kier alpha value is -0.660. The van der Waals surface area contributed by atoms with E-state index in [1.54, 1.807) is 0 Å². The van der Waals surface area contributed by atoms with Crippen LogP contribution in [0.1, 0.15) is 13.3 Å². The molecule has 8 N–H and O–H groups in total. The van der Waals surface area contributed by atoms with Gasteiger partial charge in [0.05, 0.1) is 102 Å². The molecule has 0 aromatic rings. The van der Waals surface area contributed by atoms with Crippen LogP contribution in [0.5, 0.6) is 0 Å². The number of hydrogen-bond donors (Lipinski definition) is 8. The van der Waals surface area contributed by atoms with E-state index in [0.717, 1.165) is 0 Å². The average molecular weight is 752 g/mol. The average Bonchev–Trinajstić information content (AvgIpc) is 3.09. The van der Waals surface area contributed by atoms with Gasteiger partial charge in [0.25, 0.3) is 0 Å². The second-order valence-electron chi connectivity index (χ2n) is 12.8. The van der Waals surface area contributed by atoms with Crippen LogP contribution < -0.4 is 40.0 Å². The first-order valence-corrected chi connectivity index (χ1v) is 16.7. The number of amides is 1. The zero-order valence-electron chi connectivity index (χ0n) is 29.6. The van der Waals surface area contributed by atoms with Crippen LogP contribution in [-0.2, 0) is 47.5 Å². The second kappa shape index (κ2) is 23.3. The molecule has 0 aromatic heterocycles. The summed E-state index contributed by atoms with van der Waals surface area (Å²) in [4.78, 5) is 22.3. The van der Waals surface area contributed by atoms with E-state index in [4.69, 9.17) is 37.9 Å². The van der Waals surface area contributed by atoms with Crippen molar-refractivity contribution in [2.24, 2.45) is 17.8 Å². The van der Waals surface area contributed by atoms with Gasteiger partial charge in [0.1, 0.15) is 43.2 Å². The Morgan fingerprint density at radius 2 is 1.02 bits per heavy atom. The van der Waals surface area contributed by atoms with E-state index in [-0.39, 0.29) is 88.3 Å². The number of carbonyl (C=O) groups is 2. The van der Waals surface area contributed by atoms with Crippen LogP contribution in [0, 0.1) is 17.8 Å². The largest absolute Gasteiger partial charge is 1.00 e. The summed E-state index contributed by atoms with van der Waals surface area (Å²) in [6, 6.07) is 0. The van der Waals surface area contributed by atoms with E-state index < -0.39 is 110 Å². The first kappa shape index (κ1) is 46.5. The molecule has 0 saturated carbocycles. The number of carboxylic acid groups (broad SMARTS) is 1. The number of aliphatic hydroxyl groups excluding tert-OH is 7. The van der Waals surface area contributed by atoms with Gasteiger partial charge in [-0.3, -0.25) is 4.79 Å². The van der Waals surface area contributed by atoms with Crippen LogP contribution in [0.2, 0.25) is 0 Å². The normalized spacial score (nSPS) is 38.5. The number of rotatable bonds is 20. The summed E-state index contributed by atoms with van der Waals surface area (Å²) < 4.78 is 44.6. The van der Waals surface area contributed by atoms with Crippen molar-refractivity contribution in [1.29, 1.82) is 0 Å². The van der Waals surface area contributed by atoms with E-state index in [0.29, 0.717) is 6.42 Å². The molecule has 3 fully saturated rings. The van der Waals surface area contributed by atoms with Crippen molar-refractivity contribution in [3.8, 4) is 0 Å². The van der Waals surface area contributed by atoms with Crippen LogP contribution in [0.4, 0.5) is 0 Å². The fraction of sp³-hybridized carbons (Fsp3) is 0.935. The Labute approximate surface area is 318 Å². The molecule has 51 heavy (non-hydrogen) atoms. The van der Waals surface area contributed by atoms with Gasteiger partial charge in [0.15, 0.2) is 0 Å². The number of aliphatic carboxylic acids is 1. The molecule has 15 unspecified atom stereocenters. The Balaban J connectivity index is 0.00000901. The first-order chi connectivity index (χ1) is 23.9. The van der Waals surface area contributed by atoms with Crippen molar-refractivity contribution in [2.45, 2.75) is 86.6 Å². The van der Waals surface area contributed by atoms with Gasteiger partial charge in [-0.1, -0.05) is 6.92 Å². The van der Waals surface area contributed by atoms with Gasteiger partial charge >= 0.3 is 29.6 Å². The van der Waals surface area contributed by atoms with E-state index in [9.17, 15) is 50.4 Å². The van der Waals surface area contributed by atoms with Crippen LogP contribution in [0.3, 0.4) is 0 Å². The summed E-state index contributed by atoms with van der Waals surface area (Å²) >= 11 is 0. The van der Waals surface area contributed by atoms with Crippen molar-refractivity contribution in [3.63, 3.8) is 0 Å². The van der Waals surface area contributed by atoms with Crippen LogP contribution >= 0.6 is 0 Å². The summed E-state index contributed by atoms with van der Waals surface area (Å²) in [6.45, 7) is -1.01. The molecule has 0 aliphatic carbocycles. The molecule has 0 radical (unpaired) electrons. The second-order valence-corrected chi connectivity index (χ2v) is 12.8. The number of aliphatic hydroxyl groups is 7. The molecule has 15 atom stereocenters. The Bertz CT molecular complexity index is 1020. The minimum atomic E-state index is -1.50. The molecule has 0 bridgehead atoms. The Kier molecular flexibility index (Phi) is 21.2. The minimum Gasteiger partial charge on any atom is -0.548 e. The summed E-state index contributed by atoms with van der Waals surface area (Å²) in [5.41, 5.74) is 0. The van der Waals surface area contributed by atoms with Crippen molar-refractivity contribution >= 4 is 11.9 Å². The van der Waals surface area contributed by atoms with Crippen molar-refractivity contribution < 1.29 is 118 Å². The Morgan fingerprint density at radius 1 is 0.608 bits per heavy atom. The van der Waals surface area contributed by atoms with Crippen LogP contribution in [0.25, 0.3) is 0 Å². The third kappa shape index (κ3) is 13.0. The number of likely N-dealkylation sites (N-methyl/N-ethyl adjacent to an activating group) is 1. The predicted molar refractivity (Wildman–Crippen MR) is 164 cm³/mol. The van der Waals surface area contributed by atoms with E-state index in [2.05, 4.69) is 5.32 Å². The summed E-state index contributed by atoms with van der Waals surface area (Å²) in [5, 5.41) is 87.9. The zero-order valence-corrected chi connectivity index (χ0v) is 31.6. The number of carboxylic acids is 1. The maximum absolute atomic E-state index is 11.5. The third-order valence-electron chi connectivity index (χ3n) is 9.45. The van der Waals surface area contributed by atoms with Gasteiger partial charge in [-0.05, 0) is 6.42 Å². The maximum atomic E-state index is 11.5. The fourth-order valence-electron chi connectivity index (χ4n) is 6.53. The molecule has 3 aliphatic rings. The van der Waals surface area contributed by atoms with Gasteiger partial charge in [-0.15, -0.1) is 0 Å². The molecule has 292 valence electrons. The number of carbonyl (C=O) groups excluding carboxylic acids is 2. The quantitative estimate of drug-likeness (QED) is 0.0536. The SMILES string of the molecule is CCC1C(COCC(=O)NC)OC(COCC2C(CO)OC(COCC3C(COCC(=O)[O-])OC(COC)C(O)C3O)C(O)C2O)C(O)C1O.[Na+]. The topological polar surface area (TPSA) is 285 Å². The molecule has 1 amide bonds. The smallest absolute Gasteiger partial charge is 0.548 e. The number of hydrogen-bond acceptors (Lipinski definition) is 18. The fourth-order valence-corrected chi connectivity index (χ4v) is 6.53. The molecule has 3 heterocycles. The molecule has 0 aromatic carbocycles. The monoisotopic (exact) mass is 751 g/mol. The van der Waals surface area contributed by atoms with Crippen molar-refractivity contribution in [1.82, 2.24) is 5.32 Å². The Morgan fingerprint density at radius 3 is 1.47 bits per heavy atom. The summed E-state index contributed by atoms with van der Waals surface area (Å²) in [5.74, 6) is -4.07.